The van der Waals surface area contributed by atoms with Crippen molar-refractivity contribution >= 4 is 51.4 Å². The first kappa shape index (κ1) is 23.6. The van der Waals surface area contributed by atoms with E-state index in [1.165, 1.54) is 23.1 Å². The van der Waals surface area contributed by atoms with Gasteiger partial charge in [-0.05, 0) is 57.2 Å². The highest BCUT2D eigenvalue weighted by Gasteiger charge is 2.15. The summed E-state index contributed by atoms with van der Waals surface area (Å²) in [6.45, 7) is 6.52. The molecule has 0 saturated carbocycles. The molecule has 0 bridgehead atoms. The highest BCUT2D eigenvalue weighted by Crippen LogP contribution is 2.26. The summed E-state index contributed by atoms with van der Waals surface area (Å²) in [6, 6.07) is 14.3. The Morgan fingerprint density at radius 3 is 2.53 bits per heavy atom. The number of thioether (sulfide) groups is 1. The van der Waals surface area contributed by atoms with Gasteiger partial charge in [-0.15, -0.1) is 10.2 Å². The highest BCUT2D eigenvalue weighted by atomic mass is 32.2. The second-order valence-electron chi connectivity index (χ2n) is 6.97. The molecule has 0 saturated heterocycles. The van der Waals surface area contributed by atoms with Crippen molar-refractivity contribution in [2.24, 2.45) is 0 Å². The van der Waals surface area contributed by atoms with Crippen molar-refractivity contribution in [2.75, 3.05) is 28.3 Å². The van der Waals surface area contributed by atoms with Crippen LogP contribution in [0.3, 0.4) is 0 Å². The van der Waals surface area contributed by atoms with Crippen molar-refractivity contribution in [2.45, 2.75) is 31.2 Å². The lowest BCUT2D eigenvalue weighted by Crippen LogP contribution is -2.19. The van der Waals surface area contributed by atoms with Gasteiger partial charge in [0.25, 0.3) is 5.91 Å². The van der Waals surface area contributed by atoms with E-state index in [2.05, 4.69) is 26.1 Å². The van der Waals surface area contributed by atoms with Gasteiger partial charge in [0.2, 0.25) is 11.0 Å². The zero-order valence-corrected chi connectivity index (χ0v) is 19.7. The smallest absolute Gasteiger partial charge is 0.257 e. The standard InChI is InChI=1S/C22H25N5O3S2/c1-4-30-16-11-9-15(10-12-16)24-20(29)17-7-5-6-8-18(17)25-19(28)13-31-22-27-26-21(32-22)23-14(2)3/h5-12,14H,4,13H2,1-3H3,(H,23,26)(H,24,29)(H,25,28). The molecule has 0 fully saturated rings. The number of anilines is 3. The Hall–Kier alpha value is -3.11. The molecule has 0 spiro atoms. The fourth-order valence-corrected chi connectivity index (χ4v) is 4.37. The van der Waals surface area contributed by atoms with Crippen LogP contribution in [0, 0.1) is 0 Å². The van der Waals surface area contributed by atoms with E-state index in [0.29, 0.717) is 27.9 Å². The summed E-state index contributed by atoms with van der Waals surface area (Å²) in [5, 5.41) is 17.7. The number of hydrogen-bond donors (Lipinski definition) is 3. The number of carbonyl (C=O) groups excluding carboxylic acids is 2. The van der Waals surface area contributed by atoms with E-state index < -0.39 is 0 Å². The molecule has 0 radical (unpaired) electrons. The molecule has 10 heteroatoms. The number of nitrogens with zero attached hydrogens (tertiary/aromatic N) is 2. The minimum atomic E-state index is -0.314. The summed E-state index contributed by atoms with van der Waals surface area (Å²) in [4.78, 5) is 25.2. The molecule has 0 atom stereocenters. The summed E-state index contributed by atoms with van der Waals surface area (Å²) in [7, 11) is 0. The van der Waals surface area contributed by atoms with Crippen LogP contribution in [0.1, 0.15) is 31.1 Å². The molecular weight excluding hydrogens is 446 g/mol. The maximum atomic E-state index is 12.8. The minimum absolute atomic E-state index is 0.158. The van der Waals surface area contributed by atoms with Crippen LogP contribution in [-0.2, 0) is 4.79 Å². The van der Waals surface area contributed by atoms with E-state index in [9.17, 15) is 9.59 Å². The van der Waals surface area contributed by atoms with Crippen molar-refractivity contribution in [1.29, 1.82) is 0 Å². The number of ether oxygens (including phenoxy) is 1. The molecule has 3 aromatic rings. The third kappa shape index (κ3) is 6.96. The fourth-order valence-electron chi connectivity index (χ4n) is 2.68. The SMILES string of the molecule is CCOc1ccc(NC(=O)c2ccccc2NC(=O)CSc2nnc(NC(C)C)s2)cc1. The van der Waals surface area contributed by atoms with Gasteiger partial charge >= 0.3 is 0 Å². The number of carbonyl (C=O) groups is 2. The molecule has 2 amide bonds. The lowest BCUT2D eigenvalue weighted by atomic mass is 10.1. The summed E-state index contributed by atoms with van der Waals surface area (Å²) in [5.74, 6) is 0.347. The number of hydrogen-bond acceptors (Lipinski definition) is 8. The Morgan fingerprint density at radius 1 is 1.06 bits per heavy atom. The van der Waals surface area contributed by atoms with Crippen molar-refractivity contribution in [1.82, 2.24) is 10.2 Å². The van der Waals surface area contributed by atoms with Crippen molar-refractivity contribution in [3.63, 3.8) is 0 Å². The quantitative estimate of drug-likeness (QED) is 0.367. The second kappa shape index (κ2) is 11.5. The summed E-state index contributed by atoms with van der Waals surface area (Å²) in [5.41, 5.74) is 1.46. The van der Waals surface area contributed by atoms with Crippen LogP contribution >= 0.6 is 23.1 Å². The van der Waals surface area contributed by atoms with Crippen LogP contribution in [0.5, 0.6) is 5.75 Å². The molecule has 0 aliphatic carbocycles. The van der Waals surface area contributed by atoms with Gasteiger partial charge in [-0.3, -0.25) is 9.59 Å². The third-order valence-corrected chi connectivity index (χ3v) is 6.00. The van der Waals surface area contributed by atoms with E-state index in [1.807, 2.05) is 20.8 Å². The third-order valence-electron chi connectivity index (χ3n) is 4.01. The van der Waals surface area contributed by atoms with Gasteiger partial charge in [0, 0.05) is 11.7 Å². The molecule has 2 aromatic carbocycles. The largest absolute Gasteiger partial charge is 0.494 e. The molecule has 168 valence electrons. The van der Waals surface area contributed by atoms with Crippen LogP contribution in [0.15, 0.2) is 52.9 Å². The number of para-hydroxylation sites is 1. The zero-order chi connectivity index (χ0) is 22.9. The van der Waals surface area contributed by atoms with Crippen molar-refractivity contribution in [3.05, 3.63) is 54.1 Å². The van der Waals surface area contributed by atoms with E-state index >= 15 is 0 Å². The molecule has 1 heterocycles. The molecule has 0 unspecified atom stereocenters. The highest BCUT2D eigenvalue weighted by molar-refractivity contribution is 8.01. The number of amides is 2. The molecule has 0 aliphatic rings. The van der Waals surface area contributed by atoms with E-state index in [1.54, 1.807) is 48.5 Å². The number of rotatable bonds is 10. The summed E-state index contributed by atoms with van der Waals surface area (Å²) in [6.07, 6.45) is 0. The van der Waals surface area contributed by atoms with Gasteiger partial charge in [0.05, 0.1) is 23.6 Å². The first-order valence-corrected chi connectivity index (χ1v) is 11.9. The van der Waals surface area contributed by atoms with Crippen LogP contribution in [0.25, 0.3) is 0 Å². The number of aromatic nitrogens is 2. The van der Waals surface area contributed by atoms with Gasteiger partial charge in [-0.1, -0.05) is 35.2 Å². The molecular formula is C22H25N5O3S2. The van der Waals surface area contributed by atoms with Gasteiger partial charge < -0.3 is 20.7 Å². The predicted molar refractivity (Wildman–Crippen MR) is 130 cm³/mol. The maximum Gasteiger partial charge on any atom is 0.257 e. The topological polar surface area (TPSA) is 105 Å². The molecule has 0 aliphatic heterocycles. The van der Waals surface area contributed by atoms with Crippen LogP contribution in [0.2, 0.25) is 0 Å². The maximum absolute atomic E-state index is 12.8. The Balaban J connectivity index is 1.58. The van der Waals surface area contributed by atoms with E-state index in [4.69, 9.17) is 4.74 Å². The van der Waals surface area contributed by atoms with E-state index in [0.717, 1.165) is 10.9 Å². The van der Waals surface area contributed by atoms with Gasteiger partial charge in [0.1, 0.15) is 5.75 Å². The molecule has 32 heavy (non-hydrogen) atoms. The van der Waals surface area contributed by atoms with E-state index in [-0.39, 0.29) is 23.6 Å². The lowest BCUT2D eigenvalue weighted by molar-refractivity contribution is -0.113. The van der Waals surface area contributed by atoms with Crippen LogP contribution in [0.4, 0.5) is 16.5 Å². The number of nitrogens with one attached hydrogen (secondary N) is 3. The number of benzene rings is 2. The molecule has 8 nitrogen and oxygen atoms in total. The average Bonchev–Trinajstić information content (AvgIpc) is 3.21. The van der Waals surface area contributed by atoms with Crippen molar-refractivity contribution in [3.8, 4) is 5.75 Å². The van der Waals surface area contributed by atoms with Gasteiger partial charge in [0.15, 0.2) is 4.34 Å². The molecule has 1 aromatic heterocycles. The first-order chi connectivity index (χ1) is 15.4. The zero-order valence-electron chi connectivity index (χ0n) is 18.0. The summed E-state index contributed by atoms with van der Waals surface area (Å²) < 4.78 is 6.11. The second-order valence-corrected chi connectivity index (χ2v) is 9.17. The Bertz CT molecular complexity index is 1050. The Kier molecular flexibility index (Phi) is 8.46. The minimum Gasteiger partial charge on any atom is -0.494 e. The van der Waals surface area contributed by atoms with Gasteiger partial charge in [-0.2, -0.15) is 0 Å². The van der Waals surface area contributed by atoms with Crippen LogP contribution in [-0.4, -0.2) is 40.4 Å². The van der Waals surface area contributed by atoms with Crippen molar-refractivity contribution < 1.29 is 14.3 Å². The monoisotopic (exact) mass is 471 g/mol. The van der Waals surface area contributed by atoms with Crippen LogP contribution < -0.4 is 20.7 Å². The Morgan fingerprint density at radius 2 is 1.81 bits per heavy atom. The average molecular weight is 472 g/mol. The Labute approximate surface area is 195 Å². The lowest BCUT2D eigenvalue weighted by Gasteiger charge is -2.11. The fraction of sp³-hybridized carbons (Fsp3) is 0.273. The molecule has 3 rings (SSSR count). The van der Waals surface area contributed by atoms with Gasteiger partial charge in [-0.25, -0.2) is 0 Å². The summed E-state index contributed by atoms with van der Waals surface area (Å²) >= 11 is 2.70. The first-order valence-electron chi connectivity index (χ1n) is 10.1. The normalized spacial score (nSPS) is 10.6. The molecule has 3 N–H and O–H groups in total. The predicted octanol–water partition coefficient (Wildman–Crippen LogP) is 4.74.